The van der Waals surface area contributed by atoms with Crippen LogP contribution in [0.3, 0.4) is 0 Å². The Morgan fingerprint density at radius 2 is 1.94 bits per heavy atom. The van der Waals surface area contributed by atoms with E-state index in [9.17, 15) is 23.6 Å². The van der Waals surface area contributed by atoms with Crippen LogP contribution in [0.2, 0.25) is 0 Å². The summed E-state index contributed by atoms with van der Waals surface area (Å²) in [7, 11) is 0. The fourth-order valence-electron chi connectivity index (χ4n) is 2.85. The summed E-state index contributed by atoms with van der Waals surface area (Å²) in [5.41, 5.74) is -0.579. The predicted molar refractivity (Wildman–Crippen MR) is 119 cm³/mol. The van der Waals surface area contributed by atoms with Crippen LogP contribution in [0.1, 0.15) is 39.7 Å². The van der Waals surface area contributed by atoms with Crippen molar-refractivity contribution in [2.75, 3.05) is 13.2 Å². The van der Waals surface area contributed by atoms with Crippen LogP contribution in [0.15, 0.2) is 29.1 Å². The van der Waals surface area contributed by atoms with Crippen molar-refractivity contribution in [3.63, 3.8) is 0 Å². The van der Waals surface area contributed by atoms with E-state index in [1.54, 1.807) is 39.0 Å². The summed E-state index contributed by atoms with van der Waals surface area (Å²) >= 11 is 1.06. The van der Waals surface area contributed by atoms with Crippen molar-refractivity contribution >= 4 is 28.8 Å². The molecule has 0 aliphatic heterocycles. The summed E-state index contributed by atoms with van der Waals surface area (Å²) in [6.45, 7) is 5.38. The number of hydrogen-bond donors (Lipinski definition) is 0. The van der Waals surface area contributed by atoms with Crippen molar-refractivity contribution in [2.24, 2.45) is 5.41 Å². The maximum absolute atomic E-state index is 13.1. The minimum Gasteiger partial charge on any atom is -0.435 e. The Morgan fingerprint density at radius 1 is 1.28 bits per heavy atom. The molecule has 0 amide bonds. The van der Waals surface area contributed by atoms with Crippen molar-refractivity contribution in [3.05, 3.63) is 49.4 Å². The average Bonchev–Trinajstić information content (AvgIpc) is 3.01. The van der Waals surface area contributed by atoms with E-state index in [-0.39, 0.29) is 22.7 Å². The Hall–Kier alpha value is -2.83. The van der Waals surface area contributed by atoms with Gasteiger partial charge in [-0.25, -0.2) is 0 Å². The number of thiazole rings is 1. The number of halogens is 2. The lowest BCUT2D eigenvalue weighted by Gasteiger charge is -2.15. The highest BCUT2D eigenvalue weighted by atomic mass is 32.1. The lowest BCUT2D eigenvalue weighted by molar-refractivity contribution is -0.120. The van der Waals surface area contributed by atoms with Gasteiger partial charge in [0.05, 0.1) is 4.53 Å². The van der Waals surface area contributed by atoms with Gasteiger partial charge in [-0.3, -0.25) is 14.2 Å². The molecule has 0 saturated heterocycles. The highest BCUT2D eigenvalue weighted by Gasteiger charge is 2.27. The summed E-state index contributed by atoms with van der Waals surface area (Å²) < 4.78 is 36.4. The van der Waals surface area contributed by atoms with E-state index < -0.39 is 12.0 Å². The van der Waals surface area contributed by atoms with E-state index in [2.05, 4.69) is 4.74 Å². The molecule has 0 bridgehead atoms. The summed E-state index contributed by atoms with van der Waals surface area (Å²) in [5, 5.41) is 9.71. The van der Waals surface area contributed by atoms with E-state index >= 15 is 0 Å². The van der Waals surface area contributed by atoms with E-state index in [1.807, 2.05) is 13.0 Å². The number of nitrogens with zero attached hydrogens (tertiary/aromatic N) is 2. The monoisotopic (exact) mass is 464 g/mol. The standard InChI is InChI=1S/C23H26F2N2O4S/c1-5-30-12-6-11-27-20(29)18(13-15-7-9-16(10-8-15)31-22(24)25)32-21(27)17(14-26)19(28)23(2,3)4/h7-10,13,22H,5-6,11-12H2,1-4H3. The molecule has 6 nitrogen and oxygen atoms in total. The minimum absolute atomic E-state index is 0.00762. The first-order chi connectivity index (χ1) is 15.1. The van der Waals surface area contributed by atoms with Gasteiger partial charge in [-0.05, 0) is 37.1 Å². The molecule has 2 rings (SSSR count). The molecule has 9 heteroatoms. The van der Waals surface area contributed by atoms with Crippen LogP contribution >= 0.6 is 11.3 Å². The summed E-state index contributed by atoms with van der Waals surface area (Å²) in [6, 6.07) is 7.83. The smallest absolute Gasteiger partial charge is 0.387 e. The van der Waals surface area contributed by atoms with Gasteiger partial charge in [0.15, 0.2) is 5.78 Å². The number of nitriles is 1. The minimum atomic E-state index is -2.92. The molecule has 0 saturated carbocycles. The average molecular weight is 465 g/mol. The lowest BCUT2D eigenvalue weighted by atomic mass is 9.87. The molecule has 32 heavy (non-hydrogen) atoms. The second kappa shape index (κ2) is 11.2. The van der Waals surface area contributed by atoms with Crippen LogP contribution in [-0.2, 0) is 16.1 Å². The topological polar surface area (TPSA) is 81.3 Å². The van der Waals surface area contributed by atoms with Gasteiger partial charge in [-0.2, -0.15) is 14.0 Å². The van der Waals surface area contributed by atoms with Crippen molar-refractivity contribution in [3.8, 4) is 11.8 Å². The van der Waals surface area contributed by atoms with Gasteiger partial charge in [0, 0.05) is 25.2 Å². The van der Waals surface area contributed by atoms with Crippen molar-refractivity contribution in [1.29, 1.82) is 5.26 Å². The van der Waals surface area contributed by atoms with Crippen molar-refractivity contribution < 1.29 is 23.0 Å². The zero-order valence-corrected chi connectivity index (χ0v) is 19.3. The van der Waals surface area contributed by atoms with Crippen LogP contribution < -0.4 is 19.5 Å². The normalized spacial score (nSPS) is 13.2. The van der Waals surface area contributed by atoms with Crippen LogP contribution in [0, 0.1) is 16.7 Å². The van der Waals surface area contributed by atoms with E-state index in [0.717, 1.165) is 11.3 Å². The molecular formula is C23H26F2N2O4S. The molecule has 1 heterocycles. The van der Waals surface area contributed by atoms with Gasteiger partial charge in [0.25, 0.3) is 5.56 Å². The summed E-state index contributed by atoms with van der Waals surface area (Å²) in [6.07, 6.45) is 2.14. The molecule has 0 N–H and O–H groups in total. The van der Waals surface area contributed by atoms with Crippen molar-refractivity contribution in [2.45, 2.75) is 47.3 Å². The number of aromatic nitrogens is 1. The number of benzene rings is 1. The number of rotatable bonds is 9. The Kier molecular flexibility index (Phi) is 8.87. The lowest BCUT2D eigenvalue weighted by Crippen LogP contribution is -2.34. The largest absolute Gasteiger partial charge is 0.435 e. The van der Waals surface area contributed by atoms with Crippen LogP contribution in [0.5, 0.6) is 5.75 Å². The zero-order valence-electron chi connectivity index (χ0n) is 18.5. The maximum Gasteiger partial charge on any atom is 0.387 e. The van der Waals surface area contributed by atoms with E-state index in [0.29, 0.717) is 40.9 Å². The SMILES string of the molecule is CCOCCCn1c(=C(C#N)C(=O)C(C)(C)C)sc(=Cc2ccc(OC(F)F)cc2)c1=O. The maximum atomic E-state index is 13.1. The first-order valence-electron chi connectivity index (χ1n) is 10.1. The van der Waals surface area contributed by atoms with Gasteiger partial charge in [-0.15, -0.1) is 11.3 Å². The number of carbonyl (C=O) groups excluding carboxylic acids is 1. The Labute approximate surface area is 189 Å². The fraction of sp³-hybridized carbons (Fsp3) is 0.435. The number of ketones is 1. The summed E-state index contributed by atoms with van der Waals surface area (Å²) in [4.78, 5) is 26.0. The van der Waals surface area contributed by atoms with Crippen LogP contribution in [0.25, 0.3) is 11.6 Å². The molecule has 2 aromatic rings. The number of Topliss-reactive ketones (excluding diaryl/α,β-unsaturated/α-hetero) is 1. The zero-order chi connectivity index (χ0) is 23.9. The molecule has 0 aliphatic rings. The fourth-order valence-corrected chi connectivity index (χ4v) is 3.97. The third kappa shape index (κ3) is 6.58. The second-order valence-electron chi connectivity index (χ2n) is 7.94. The number of hydrogen-bond acceptors (Lipinski definition) is 6. The molecule has 0 atom stereocenters. The van der Waals surface area contributed by atoms with Gasteiger partial charge < -0.3 is 9.47 Å². The third-order valence-corrected chi connectivity index (χ3v) is 5.55. The molecule has 0 radical (unpaired) electrons. The van der Waals surface area contributed by atoms with Crippen LogP contribution in [0.4, 0.5) is 8.78 Å². The highest BCUT2D eigenvalue weighted by Crippen LogP contribution is 2.19. The van der Waals surface area contributed by atoms with Crippen LogP contribution in [-0.4, -0.2) is 30.2 Å². The first-order valence-corrected chi connectivity index (χ1v) is 10.9. The van der Waals surface area contributed by atoms with Gasteiger partial charge in [0.1, 0.15) is 22.1 Å². The number of alkyl halides is 2. The molecule has 0 aliphatic carbocycles. The molecule has 0 unspecified atom stereocenters. The third-order valence-electron chi connectivity index (χ3n) is 4.42. The summed E-state index contributed by atoms with van der Waals surface area (Å²) in [5.74, 6) is -0.340. The number of ether oxygens (including phenoxy) is 2. The van der Waals surface area contributed by atoms with E-state index in [4.69, 9.17) is 4.74 Å². The molecule has 172 valence electrons. The Morgan fingerprint density at radius 3 is 2.47 bits per heavy atom. The first kappa shape index (κ1) is 25.4. The predicted octanol–water partition coefficient (Wildman–Crippen LogP) is 3.06. The Balaban J connectivity index is 2.62. The number of carbonyl (C=O) groups is 1. The highest BCUT2D eigenvalue weighted by molar-refractivity contribution is 7.07. The molecule has 0 fully saturated rings. The molecule has 1 aromatic carbocycles. The van der Waals surface area contributed by atoms with E-state index in [1.165, 1.54) is 16.7 Å². The molecule has 1 aromatic heterocycles. The second-order valence-corrected chi connectivity index (χ2v) is 8.97. The van der Waals surface area contributed by atoms with Gasteiger partial charge >= 0.3 is 6.61 Å². The quantitative estimate of drug-likeness (QED) is 0.533. The van der Waals surface area contributed by atoms with Crippen molar-refractivity contribution in [1.82, 2.24) is 4.57 Å². The van der Waals surface area contributed by atoms with Gasteiger partial charge in [0.2, 0.25) is 0 Å². The Bertz CT molecular complexity index is 1150. The molecular weight excluding hydrogens is 438 g/mol. The van der Waals surface area contributed by atoms with Gasteiger partial charge in [-0.1, -0.05) is 32.9 Å². The molecule has 0 spiro atoms.